The second-order valence-corrected chi connectivity index (χ2v) is 12.5. The molecule has 1 atom stereocenters. The molecule has 2 heterocycles. The van der Waals surface area contributed by atoms with Crippen LogP contribution in [0.1, 0.15) is 53.7 Å². The Balaban J connectivity index is 1.18. The summed E-state index contributed by atoms with van der Waals surface area (Å²) in [7, 11) is -3.53. The fourth-order valence-corrected chi connectivity index (χ4v) is 7.60. The molecule has 0 saturated carbocycles. The number of imide groups is 1. The second kappa shape index (κ2) is 12.3. The van der Waals surface area contributed by atoms with Gasteiger partial charge in [0.1, 0.15) is 16.7 Å². The van der Waals surface area contributed by atoms with E-state index in [4.69, 9.17) is 9.47 Å². The molecule has 7 nitrogen and oxygen atoms in total. The van der Waals surface area contributed by atoms with Crippen LogP contribution in [0.2, 0.25) is 0 Å². The summed E-state index contributed by atoms with van der Waals surface area (Å²) in [5.74, 6) is 0.956. The Hall–Kier alpha value is -3.56. The number of sulfone groups is 1. The number of nitrogens with one attached hydrogen (secondary N) is 1. The molecule has 9 heteroatoms. The molecule has 5 rings (SSSR count). The molecule has 0 spiro atoms. The van der Waals surface area contributed by atoms with Gasteiger partial charge in [0.05, 0.1) is 18.1 Å². The predicted molar refractivity (Wildman–Crippen MR) is 156 cm³/mol. The largest absolute Gasteiger partial charge is 0.493 e. The molecule has 40 heavy (non-hydrogen) atoms. The first-order valence-corrected chi connectivity index (χ1v) is 15.8. The molecule has 1 fully saturated rings. The lowest BCUT2D eigenvalue weighted by Gasteiger charge is -2.16. The minimum atomic E-state index is -3.53. The number of amides is 2. The van der Waals surface area contributed by atoms with Crippen LogP contribution in [-0.4, -0.2) is 32.8 Å². The Kier molecular flexibility index (Phi) is 8.61. The zero-order chi connectivity index (χ0) is 28.1. The van der Waals surface area contributed by atoms with Crippen LogP contribution >= 0.6 is 11.8 Å². The van der Waals surface area contributed by atoms with E-state index < -0.39 is 15.1 Å². The van der Waals surface area contributed by atoms with Crippen molar-refractivity contribution in [2.75, 3.05) is 13.2 Å². The highest BCUT2D eigenvalue weighted by molar-refractivity contribution is 8.15. The van der Waals surface area contributed by atoms with E-state index in [1.807, 2.05) is 37.3 Å². The van der Waals surface area contributed by atoms with Crippen molar-refractivity contribution in [1.29, 1.82) is 0 Å². The highest BCUT2D eigenvalue weighted by Gasteiger charge is 2.33. The number of rotatable bonds is 12. The standard InChI is InChI=1S/C31H31NO6S2/c1-2-7-26-27(17-16-25-23(20-40(35,36)29(25)26)11-10-21-8-4-3-5-9-21)38-19-6-18-37-24-14-12-22(13-15-24)28-30(33)32-31(34)39-28/h3-5,8-9,12-17,20,28H,2,6-7,10-11,18-19H2,1H3,(H,32,33,34). The van der Waals surface area contributed by atoms with Crippen molar-refractivity contribution in [3.05, 3.63) is 94.4 Å². The maximum Gasteiger partial charge on any atom is 0.286 e. The van der Waals surface area contributed by atoms with Gasteiger partial charge in [-0.2, -0.15) is 0 Å². The Morgan fingerprint density at radius 2 is 1.62 bits per heavy atom. The number of allylic oxidation sites excluding steroid dienone is 1. The Labute approximate surface area is 238 Å². The van der Waals surface area contributed by atoms with Gasteiger partial charge in [-0.3, -0.25) is 14.9 Å². The smallest absolute Gasteiger partial charge is 0.286 e. The molecule has 3 aromatic carbocycles. The second-order valence-electron chi connectivity index (χ2n) is 9.74. The first-order chi connectivity index (χ1) is 19.4. The van der Waals surface area contributed by atoms with Crippen LogP contribution in [0.4, 0.5) is 4.79 Å². The lowest BCUT2D eigenvalue weighted by Crippen LogP contribution is -2.20. The zero-order valence-electron chi connectivity index (χ0n) is 22.2. The van der Waals surface area contributed by atoms with Gasteiger partial charge in [0.15, 0.2) is 0 Å². The summed E-state index contributed by atoms with van der Waals surface area (Å²) >= 11 is 0.970. The van der Waals surface area contributed by atoms with Crippen molar-refractivity contribution in [2.45, 2.75) is 49.2 Å². The molecule has 1 unspecified atom stereocenters. The fourth-order valence-electron chi connectivity index (χ4n) is 4.98. The first kappa shape index (κ1) is 28.0. The van der Waals surface area contributed by atoms with Gasteiger partial charge in [-0.1, -0.05) is 55.8 Å². The van der Waals surface area contributed by atoms with Crippen molar-refractivity contribution in [3.63, 3.8) is 0 Å². The van der Waals surface area contributed by atoms with Gasteiger partial charge in [-0.05, 0) is 77.6 Å². The van der Waals surface area contributed by atoms with Crippen LogP contribution in [0.5, 0.6) is 11.5 Å². The van der Waals surface area contributed by atoms with Gasteiger partial charge in [-0.15, -0.1) is 0 Å². The van der Waals surface area contributed by atoms with Crippen LogP contribution in [0.25, 0.3) is 5.57 Å². The lowest BCUT2D eigenvalue weighted by molar-refractivity contribution is -0.119. The minimum Gasteiger partial charge on any atom is -0.493 e. The Morgan fingerprint density at radius 3 is 2.33 bits per heavy atom. The molecule has 208 valence electrons. The molecule has 0 radical (unpaired) electrons. The maximum absolute atomic E-state index is 13.2. The summed E-state index contributed by atoms with van der Waals surface area (Å²) in [4.78, 5) is 23.7. The highest BCUT2D eigenvalue weighted by Crippen LogP contribution is 2.42. The molecular weight excluding hydrogens is 546 g/mol. The third kappa shape index (κ3) is 6.26. The van der Waals surface area contributed by atoms with Gasteiger partial charge in [0, 0.05) is 17.4 Å². The summed E-state index contributed by atoms with van der Waals surface area (Å²) in [6.07, 6.45) is 3.46. The van der Waals surface area contributed by atoms with Crippen molar-refractivity contribution in [2.24, 2.45) is 0 Å². The van der Waals surface area contributed by atoms with Gasteiger partial charge in [-0.25, -0.2) is 8.42 Å². The van der Waals surface area contributed by atoms with Crippen LogP contribution in [0.3, 0.4) is 0 Å². The molecule has 0 aliphatic carbocycles. The summed E-state index contributed by atoms with van der Waals surface area (Å²) in [6.45, 7) is 2.82. The molecule has 0 aromatic heterocycles. The van der Waals surface area contributed by atoms with E-state index in [2.05, 4.69) is 17.4 Å². The number of fused-ring (bicyclic) bond motifs is 1. The minimum absolute atomic E-state index is 0.304. The average molecular weight is 578 g/mol. The van der Waals surface area contributed by atoms with Crippen molar-refractivity contribution >= 4 is 38.3 Å². The summed E-state index contributed by atoms with van der Waals surface area (Å²) in [6, 6.07) is 21.0. The number of aryl methyl sites for hydroxylation is 1. The third-order valence-corrected chi connectivity index (χ3v) is 9.53. The molecule has 2 aliphatic rings. The van der Waals surface area contributed by atoms with Crippen LogP contribution in [0.15, 0.2) is 77.0 Å². The molecule has 1 saturated heterocycles. The molecule has 1 N–H and O–H groups in total. The van der Waals surface area contributed by atoms with Gasteiger partial charge in [0.2, 0.25) is 15.7 Å². The van der Waals surface area contributed by atoms with E-state index in [1.165, 1.54) is 11.0 Å². The molecule has 2 amide bonds. The summed E-state index contributed by atoms with van der Waals surface area (Å²) < 4.78 is 38.3. The number of carbonyl (C=O) groups excluding carboxylic acids is 2. The predicted octanol–water partition coefficient (Wildman–Crippen LogP) is 6.27. The summed E-state index contributed by atoms with van der Waals surface area (Å²) in [5.41, 5.74) is 4.31. The number of ether oxygens (including phenoxy) is 2. The third-order valence-electron chi connectivity index (χ3n) is 6.86. The van der Waals surface area contributed by atoms with Gasteiger partial charge < -0.3 is 9.47 Å². The van der Waals surface area contributed by atoms with Crippen LogP contribution in [0, 0.1) is 0 Å². The Morgan fingerprint density at radius 1 is 0.875 bits per heavy atom. The van der Waals surface area contributed by atoms with Crippen molar-refractivity contribution < 1.29 is 27.5 Å². The number of hydrogen-bond donors (Lipinski definition) is 1. The molecule has 0 bridgehead atoms. The molecular formula is C31H31NO6S2. The van der Waals surface area contributed by atoms with E-state index in [1.54, 1.807) is 24.3 Å². The zero-order valence-corrected chi connectivity index (χ0v) is 23.9. The molecule has 2 aliphatic heterocycles. The van der Waals surface area contributed by atoms with E-state index in [-0.39, 0.29) is 11.1 Å². The lowest BCUT2D eigenvalue weighted by atomic mass is 9.96. The molecule has 3 aromatic rings. The van der Waals surface area contributed by atoms with Crippen molar-refractivity contribution in [1.82, 2.24) is 5.32 Å². The number of hydrogen-bond acceptors (Lipinski definition) is 7. The van der Waals surface area contributed by atoms with E-state index in [0.717, 1.165) is 46.9 Å². The van der Waals surface area contributed by atoms with Gasteiger partial charge in [0.25, 0.3) is 5.24 Å². The van der Waals surface area contributed by atoms with Crippen molar-refractivity contribution in [3.8, 4) is 11.5 Å². The maximum atomic E-state index is 13.2. The average Bonchev–Trinajstić information content (AvgIpc) is 3.43. The number of carbonyl (C=O) groups is 2. The van der Waals surface area contributed by atoms with Crippen LogP contribution < -0.4 is 14.8 Å². The number of benzene rings is 3. The fraction of sp³-hybridized carbons (Fsp3) is 0.290. The quantitative estimate of drug-likeness (QED) is 0.253. The normalized spacial score (nSPS) is 17.3. The van der Waals surface area contributed by atoms with E-state index in [0.29, 0.717) is 48.9 Å². The van der Waals surface area contributed by atoms with Gasteiger partial charge >= 0.3 is 0 Å². The summed E-state index contributed by atoms with van der Waals surface area (Å²) in [5, 5.41) is 2.85. The Bertz CT molecular complexity index is 1530. The SMILES string of the molecule is CCCc1c(OCCCOc2ccc(C3SC(=O)NC3=O)cc2)ccc2c1S(=O)(=O)C=C2CCc1ccccc1. The number of thioether (sulfide) groups is 1. The van der Waals surface area contributed by atoms with E-state index in [9.17, 15) is 18.0 Å². The topological polar surface area (TPSA) is 98.8 Å². The van der Waals surface area contributed by atoms with E-state index >= 15 is 0 Å². The van der Waals surface area contributed by atoms with Crippen LogP contribution in [-0.2, 0) is 27.5 Å². The highest BCUT2D eigenvalue weighted by atomic mass is 32.2. The first-order valence-electron chi connectivity index (χ1n) is 13.4. The monoisotopic (exact) mass is 577 g/mol.